The van der Waals surface area contributed by atoms with Crippen LogP contribution in [0.5, 0.6) is 0 Å². The zero-order valence-electron chi connectivity index (χ0n) is 14.9. The van der Waals surface area contributed by atoms with Crippen molar-refractivity contribution in [2.45, 2.75) is 0 Å². The van der Waals surface area contributed by atoms with E-state index in [1.165, 1.54) is 24.3 Å². The first-order chi connectivity index (χ1) is 14.1. The van der Waals surface area contributed by atoms with Gasteiger partial charge in [-0.15, -0.1) is 0 Å². The van der Waals surface area contributed by atoms with E-state index in [9.17, 15) is 27.4 Å². The third-order valence-corrected chi connectivity index (χ3v) is 5.32. The molecule has 3 aromatic rings. The molecule has 1 aromatic heterocycles. The number of amides is 1. The molecule has 0 aliphatic rings. The van der Waals surface area contributed by atoms with Crippen LogP contribution in [0.25, 0.3) is 0 Å². The Bertz CT molecular complexity index is 1300. The Kier molecular flexibility index (Phi) is 5.89. The lowest BCUT2D eigenvalue weighted by atomic mass is 10.1. The van der Waals surface area contributed by atoms with Crippen molar-refractivity contribution in [1.82, 2.24) is 9.97 Å². The Labute approximate surface area is 177 Å². The molecule has 30 heavy (non-hydrogen) atoms. The third-order valence-electron chi connectivity index (χ3n) is 3.92. The minimum absolute atomic E-state index is 0.120. The summed E-state index contributed by atoms with van der Waals surface area (Å²) in [6.07, 6.45) is 0.836. The Hall–Kier alpha value is -3.26. The van der Waals surface area contributed by atoms with Gasteiger partial charge in [-0.05, 0) is 48.5 Å². The van der Waals surface area contributed by atoms with Crippen LogP contribution < -0.4 is 26.4 Å². The number of nitrogens with zero attached hydrogens (tertiary/aromatic N) is 2. The van der Waals surface area contributed by atoms with E-state index in [4.69, 9.17) is 5.84 Å². The van der Waals surface area contributed by atoms with Gasteiger partial charge in [0.2, 0.25) is 0 Å². The Morgan fingerprint density at radius 3 is 2.10 bits per heavy atom. The van der Waals surface area contributed by atoms with E-state index in [0.717, 1.165) is 15.7 Å². The molecule has 0 spiro atoms. The Morgan fingerprint density at radius 1 is 1.00 bits per heavy atom. The molecule has 1 heterocycles. The maximum Gasteiger partial charge on any atom is 0.364 e. The maximum absolute atomic E-state index is 12.6. The van der Waals surface area contributed by atoms with Gasteiger partial charge in [0, 0.05) is 16.2 Å². The molecule has 3 rings (SSSR count). The summed E-state index contributed by atoms with van der Waals surface area (Å²) in [6, 6.07) is 11.6. The van der Waals surface area contributed by atoms with Crippen LogP contribution in [0.15, 0.2) is 68.8 Å². The molecule has 5 N–H and O–H groups in total. The molecule has 0 saturated carbocycles. The number of nitrogens with two attached hydrogens (primary N) is 1. The minimum atomic E-state index is -4.94. The molecular weight excluding hydrogens is 482 g/mol. The summed E-state index contributed by atoms with van der Waals surface area (Å²) in [7, 11) is -4.94. The smallest absolute Gasteiger partial charge is 0.312 e. The number of halogens is 1. The van der Waals surface area contributed by atoms with Crippen LogP contribution in [-0.4, -0.2) is 28.8 Å². The first kappa shape index (κ1) is 21.4. The van der Waals surface area contributed by atoms with Gasteiger partial charge in [-0.2, -0.15) is 8.42 Å². The molecular formula is C17H14BrN5O6S. The highest BCUT2D eigenvalue weighted by atomic mass is 79.9. The molecule has 0 aliphatic heterocycles. The van der Waals surface area contributed by atoms with Crippen molar-refractivity contribution in [2.24, 2.45) is 5.84 Å². The SMILES string of the molecule is NN(C(=O)c1ccc(N(c2c[nH]c(=O)[nH]c2=O)S(=O)(=O)O)cc1)c1ccc(Br)cc1. The fraction of sp³-hybridized carbons (Fsp3) is 0. The second kappa shape index (κ2) is 8.23. The number of rotatable bonds is 5. The number of hydrogen-bond acceptors (Lipinski definition) is 6. The van der Waals surface area contributed by atoms with Crippen LogP contribution in [-0.2, 0) is 10.3 Å². The second-order valence-corrected chi connectivity index (χ2v) is 8.07. The van der Waals surface area contributed by atoms with E-state index in [1.54, 1.807) is 24.3 Å². The lowest BCUT2D eigenvalue weighted by Gasteiger charge is -2.20. The summed E-state index contributed by atoms with van der Waals surface area (Å²) < 4.78 is 34.4. The zero-order valence-corrected chi connectivity index (χ0v) is 17.3. The summed E-state index contributed by atoms with van der Waals surface area (Å²) in [6.45, 7) is 0. The molecule has 13 heteroatoms. The van der Waals surface area contributed by atoms with Gasteiger partial charge in [-0.1, -0.05) is 15.9 Å². The molecule has 2 aromatic carbocycles. The van der Waals surface area contributed by atoms with Crippen LogP contribution in [0.4, 0.5) is 17.1 Å². The van der Waals surface area contributed by atoms with Crippen LogP contribution in [0.3, 0.4) is 0 Å². The lowest BCUT2D eigenvalue weighted by molar-refractivity contribution is 0.0987. The molecule has 0 aliphatic carbocycles. The van der Waals surface area contributed by atoms with Crippen molar-refractivity contribution in [2.75, 3.05) is 9.31 Å². The molecule has 0 bridgehead atoms. The van der Waals surface area contributed by atoms with E-state index in [-0.39, 0.29) is 11.3 Å². The standard InChI is InChI=1S/C17H14BrN5O6S/c18-11-3-7-12(8-4-11)22(19)16(25)10-1-5-13(6-2-10)23(30(27,28)29)14-9-20-17(26)21-15(14)24/h1-9H,19H2,(H,27,28,29)(H2,20,21,24,26). The van der Waals surface area contributed by atoms with Gasteiger partial charge in [-0.3, -0.25) is 19.1 Å². The predicted octanol–water partition coefficient (Wildman–Crippen LogP) is 1.29. The number of H-pyrrole nitrogens is 2. The van der Waals surface area contributed by atoms with E-state index in [2.05, 4.69) is 20.9 Å². The first-order valence-electron chi connectivity index (χ1n) is 8.12. The van der Waals surface area contributed by atoms with Crippen molar-refractivity contribution >= 4 is 49.2 Å². The quantitative estimate of drug-likeness (QED) is 0.178. The number of carbonyl (C=O) groups is 1. The van der Waals surface area contributed by atoms with Crippen LogP contribution in [0.1, 0.15) is 10.4 Å². The largest absolute Gasteiger partial charge is 0.364 e. The summed E-state index contributed by atoms with van der Waals surface area (Å²) >= 11 is 3.28. The highest BCUT2D eigenvalue weighted by Gasteiger charge is 2.25. The summed E-state index contributed by atoms with van der Waals surface area (Å²) in [5, 5.41) is 0.911. The number of anilines is 3. The van der Waals surface area contributed by atoms with Gasteiger partial charge in [0.15, 0.2) is 0 Å². The third kappa shape index (κ3) is 4.49. The molecule has 0 fully saturated rings. The van der Waals surface area contributed by atoms with Crippen molar-refractivity contribution < 1.29 is 17.8 Å². The van der Waals surface area contributed by atoms with Crippen LogP contribution >= 0.6 is 15.9 Å². The monoisotopic (exact) mass is 495 g/mol. The van der Waals surface area contributed by atoms with Crippen molar-refractivity contribution in [3.05, 3.63) is 85.6 Å². The number of benzene rings is 2. The molecule has 156 valence electrons. The van der Waals surface area contributed by atoms with Crippen LogP contribution in [0.2, 0.25) is 0 Å². The van der Waals surface area contributed by atoms with E-state index >= 15 is 0 Å². The molecule has 0 saturated heterocycles. The molecule has 0 radical (unpaired) electrons. The molecule has 0 unspecified atom stereocenters. The Balaban J connectivity index is 1.96. The van der Waals surface area contributed by atoms with E-state index in [1.807, 2.05) is 4.98 Å². The predicted molar refractivity (Wildman–Crippen MR) is 113 cm³/mol. The van der Waals surface area contributed by atoms with Gasteiger partial charge >= 0.3 is 16.0 Å². The van der Waals surface area contributed by atoms with E-state index in [0.29, 0.717) is 9.99 Å². The molecule has 0 atom stereocenters. The van der Waals surface area contributed by atoms with Gasteiger partial charge < -0.3 is 4.98 Å². The van der Waals surface area contributed by atoms with Crippen molar-refractivity contribution in [3.63, 3.8) is 0 Å². The van der Waals surface area contributed by atoms with Gasteiger partial charge in [-0.25, -0.2) is 20.0 Å². The summed E-state index contributed by atoms with van der Waals surface area (Å²) in [4.78, 5) is 39.7. The van der Waals surface area contributed by atoms with Gasteiger partial charge in [0.05, 0.1) is 11.4 Å². The number of nitrogens with one attached hydrogen (secondary N) is 2. The molecule has 11 nitrogen and oxygen atoms in total. The number of aromatic nitrogens is 2. The minimum Gasteiger partial charge on any atom is -0.312 e. The number of carbonyl (C=O) groups excluding carboxylic acids is 1. The second-order valence-electron chi connectivity index (χ2n) is 5.90. The zero-order chi connectivity index (χ0) is 22.1. The summed E-state index contributed by atoms with van der Waals surface area (Å²) in [5.41, 5.74) is -2.05. The topological polar surface area (TPSA) is 170 Å². The average Bonchev–Trinajstić information content (AvgIpc) is 2.69. The number of hydrazine groups is 1. The first-order valence-corrected chi connectivity index (χ1v) is 10.3. The average molecular weight is 496 g/mol. The van der Waals surface area contributed by atoms with Crippen molar-refractivity contribution in [3.8, 4) is 0 Å². The van der Waals surface area contributed by atoms with Crippen LogP contribution in [0, 0.1) is 0 Å². The normalized spacial score (nSPS) is 11.2. The molecule has 1 amide bonds. The summed E-state index contributed by atoms with van der Waals surface area (Å²) in [5.74, 6) is 5.28. The number of hydrogen-bond donors (Lipinski definition) is 4. The maximum atomic E-state index is 12.6. The van der Waals surface area contributed by atoms with Gasteiger partial charge in [0.1, 0.15) is 5.69 Å². The lowest BCUT2D eigenvalue weighted by Crippen LogP contribution is -2.37. The van der Waals surface area contributed by atoms with E-state index < -0.39 is 33.1 Å². The van der Waals surface area contributed by atoms with Gasteiger partial charge in [0.25, 0.3) is 11.5 Å². The number of aromatic amines is 2. The highest BCUT2D eigenvalue weighted by Crippen LogP contribution is 2.26. The van der Waals surface area contributed by atoms with Crippen molar-refractivity contribution in [1.29, 1.82) is 0 Å². The fourth-order valence-corrected chi connectivity index (χ4v) is 3.58. The Morgan fingerprint density at radius 2 is 1.57 bits per heavy atom. The highest BCUT2D eigenvalue weighted by molar-refractivity contribution is 9.10. The fourth-order valence-electron chi connectivity index (χ4n) is 2.55.